The van der Waals surface area contributed by atoms with E-state index in [-0.39, 0.29) is 10.8 Å². The minimum absolute atomic E-state index is 0.0640. The predicted molar refractivity (Wildman–Crippen MR) is 103 cm³/mol. The molecule has 7 heteroatoms. The molecule has 0 spiro atoms. The van der Waals surface area contributed by atoms with E-state index >= 15 is 0 Å². The molecule has 1 saturated heterocycles. The molecule has 2 aromatic carbocycles. The Labute approximate surface area is 159 Å². The second-order valence-corrected chi connectivity index (χ2v) is 8.48. The summed E-state index contributed by atoms with van der Waals surface area (Å²) in [6, 6.07) is 14.1. The van der Waals surface area contributed by atoms with Crippen LogP contribution in [0.25, 0.3) is 0 Å². The third-order valence-electron chi connectivity index (χ3n) is 4.75. The summed E-state index contributed by atoms with van der Waals surface area (Å²) in [5, 5.41) is 8.80. The van der Waals surface area contributed by atoms with Crippen LogP contribution in [0.2, 0.25) is 0 Å². The van der Waals surface area contributed by atoms with Gasteiger partial charge in [0.15, 0.2) is 0 Å². The van der Waals surface area contributed by atoms with Gasteiger partial charge in [-0.05, 0) is 67.3 Å². The molecule has 0 atom stereocenters. The third kappa shape index (κ3) is 4.47. The van der Waals surface area contributed by atoms with Crippen molar-refractivity contribution >= 4 is 21.6 Å². The number of amides is 1. The fraction of sp³-hybridized carbons (Fsp3) is 0.300. The Bertz CT molecular complexity index is 953. The van der Waals surface area contributed by atoms with Crippen molar-refractivity contribution in [1.82, 2.24) is 4.90 Å². The van der Waals surface area contributed by atoms with Gasteiger partial charge in [-0.25, -0.2) is 8.42 Å². The Hall–Kier alpha value is -2.85. The maximum absolute atomic E-state index is 12.6. The van der Waals surface area contributed by atoms with Crippen LogP contribution in [-0.2, 0) is 10.0 Å². The van der Waals surface area contributed by atoms with Crippen LogP contribution >= 0.6 is 0 Å². The highest BCUT2D eigenvalue weighted by atomic mass is 32.2. The van der Waals surface area contributed by atoms with Crippen LogP contribution in [0, 0.1) is 17.2 Å². The second-order valence-electron chi connectivity index (χ2n) is 6.79. The van der Waals surface area contributed by atoms with Gasteiger partial charge in [0.1, 0.15) is 0 Å². The van der Waals surface area contributed by atoms with Crippen molar-refractivity contribution in [3.05, 3.63) is 59.7 Å². The largest absolute Gasteiger partial charge is 0.339 e. The van der Waals surface area contributed by atoms with Gasteiger partial charge in [-0.1, -0.05) is 6.92 Å². The highest BCUT2D eigenvalue weighted by molar-refractivity contribution is 7.92. The summed E-state index contributed by atoms with van der Waals surface area (Å²) in [6.07, 6.45) is 1.99. The number of carbonyl (C=O) groups is 1. The van der Waals surface area contributed by atoms with Gasteiger partial charge in [-0.15, -0.1) is 0 Å². The van der Waals surface area contributed by atoms with E-state index in [1.54, 1.807) is 24.3 Å². The van der Waals surface area contributed by atoms with Gasteiger partial charge in [0, 0.05) is 24.3 Å². The molecule has 0 unspecified atom stereocenters. The Morgan fingerprint density at radius 3 is 2.22 bits per heavy atom. The molecule has 1 fully saturated rings. The van der Waals surface area contributed by atoms with Gasteiger partial charge in [0.25, 0.3) is 15.9 Å². The van der Waals surface area contributed by atoms with Crippen LogP contribution in [0.15, 0.2) is 53.4 Å². The van der Waals surface area contributed by atoms with E-state index in [4.69, 9.17) is 5.26 Å². The fourth-order valence-corrected chi connectivity index (χ4v) is 4.06. The first-order valence-electron chi connectivity index (χ1n) is 8.81. The Kier molecular flexibility index (Phi) is 5.47. The van der Waals surface area contributed by atoms with Crippen LogP contribution in [0.1, 0.15) is 35.7 Å². The number of sulfonamides is 1. The number of nitriles is 1. The smallest absolute Gasteiger partial charge is 0.261 e. The monoisotopic (exact) mass is 383 g/mol. The quantitative estimate of drug-likeness (QED) is 0.878. The number of likely N-dealkylation sites (tertiary alicyclic amines) is 1. The highest BCUT2D eigenvalue weighted by Crippen LogP contribution is 2.20. The molecule has 3 rings (SSSR count). The minimum atomic E-state index is -3.77. The number of hydrogen-bond donors (Lipinski definition) is 1. The van der Waals surface area contributed by atoms with Crippen LogP contribution in [0.3, 0.4) is 0 Å². The van der Waals surface area contributed by atoms with E-state index < -0.39 is 10.0 Å². The first-order chi connectivity index (χ1) is 12.9. The summed E-state index contributed by atoms with van der Waals surface area (Å²) in [5.74, 6) is 0.570. The summed E-state index contributed by atoms with van der Waals surface area (Å²) in [4.78, 5) is 14.5. The minimum Gasteiger partial charge on any atom is -0.339 e. The van der Waals surface area contributed by atoms with Crippen molar-refractivity contribution in [3.63, 3.8) is 0 Å². The van der Waals surface area contributed by atoms with Crippen molar-refractivity contribution in [2.75, 3.05) is 17.8 Å². The number of nitrogens with zero attached hydrogens (tertiary/aromatic N) is 2. The lowest BCUT2D eigenvalue weighted by Crippen LogP contribution is -2.37. The van der Waals surface area contributed by atoms with Gasteiger partial charge >= 0.3 is 0 Å². The van der Waals surface area contributed by atoms with E-state index in [0.717, 1.165) is 25.9 Å². The average Bonchev–Trinajstić information content (AvgIpc) is 2.68. The number of nitrogens with one attached hydrogen (secondary N) is 1. The van der Waals surface area contributed by atoms with E-state index in [1.807, 2.05) is 11.0 Å². The highest BCUT2D eigenvalue weighted by Gasteiger charge is 2.22. The standard InChI is InChI=1S/C20H21N3O3S/c1-15-10-12-23(13-11-15)20(24)17-4-8-19(9-5-17)27(25,26)22-18-6-2-16(14-21)3-7-18/h2-9,15,22H,10-13H2,1H3. The zero-order chi connectivity index (χ0) is 19.4. The number of hydrogen-bond acceptors (Lipinski definition) is 4. The Morgan fingerprint density at radius 2 is 1.67 bits per heavy atom. The summed E-state index contributed by atoms with van der Waals surface area (Å²) in [6.45, 7) is 3.66. The van der Waals surface area contributed by atoms with Gasteiger partial charge in [0.05, 0.1) is 16.5 Å². The van der Waals surface area contributed by atoms with Gasteiger partial charge < -0.3 is 4.90 Å². The number of carbonyl (C=O) groups excluding carboxylic acids is 1. The van der Waals surface area contributed by atoms with Crippen LogP contribution < -0.4 is 4.72 Å². The third-order valence-corrected chi connectivity index (χ3v) is 6.15. The van der Waals surface area contributed by atoms with E-state index in [1.165, 1.54) is 24.3 Å². The van der Waals surface area contributed by atoms with Gasteiger partial charge in [-0.3, -0.25) is 9.52 Å². The number of rotatable bonds is 4. The molecule has 27 heavy (non-hydrogen) atoms. The Morgan fingerprint density at radius 1 is 1.07 bits per heavy atom. The summed E-state index contributed by atoms with van der Waals surface area (Å²) < 4.78 is 27.5. The molecule has 1 N–H and O–H groups in total. The SMILES string of the molecule is CC1CCN(C(=O)c2ccc(S(=O)(=O)Nc3ccc(C#N)cc3)cc2)CC1. The topological polar surface area (TPSA) is 90.3 Å². The molecule has 140 valence electrons. The van der Waals surface area contributed by atoms with Crippen molar-refractivity contribution < 1.29 is 13.2 Å². The molecule has 0 aliphatic carbocycles. The van der Waals surface area contributed by atoms with Crippen LogP contribution in [-0.4, -0.2) is 32.3 Å². The van der Waals surface area contributed by atoms with Crippen molar-refractivity contribution in [1.29, 1.82) is 5.26 Å². The number of piperidine rings is 1. The van der Waals surface area contributed by atoms with Crippen molar-refractivity contribution in [2.24, 2.45) is 5.92 Å². The molecule has 6 nitrogen and oxygen atoms in total. The average molecular weight is 383 g/mol. The van der Waals surface area contributed by atoms with E-state index in [0.29, 0.717) is 22.7 Å². The molecule has 0 bridgehead atoms. The normalized spacial score (nSPS) is 15.2. The lowest BCUT2D eigenvalue weighted by atomic mass is 9.98. The second kappa shape index (κ2) is 7.80. The van der Waals surface area contributed by atoms with E-state index in [9.17, 15) is 13.2 Å². The lowest BCUT2D eigenvalue weighted by molar-refractivity contribution is 0.0697. The Balaban J connectivity index is 1.71. The first-order valence-corrected chi connectivity index (χ1v) is 10.3. The zero-order valence-electron chi connectivity index (χ0n) is 15.1. The number of benzene rings is 2. The molecular weight excluding hydrogens is 362 g/mol. The van der Waals surface area contributed by atoms with Gasteiger partial charge in [0.2, 0.25) is 0 Å². The molecule has 1 heterocycles. The summed E-state index contributed by atoms with van der Waals surface area (Å²) >= 11 is 0. The summed E-state index contributed by atoms with van der Waals surface area (Å²) in [7, 11) is -3.77. The van der Waals surface area contributed by atoms with Crippen molar-refractivity contribution in [3.8, 4) is 6.07 Å². The lowest BCUT2D eigenvalue weighted by Gasteiger charge is -2.30. The molecule has 1 aliphatic heterocycles. The van der Waals surface area contributed by atoms with Crippen LogP contribution in [0.5, 0.6) is 0 Å². The first kappa shape index (κ1) is 18.9. The molecule has 0 radical (unpaired) electrons. The molecule has 2 aromatic rings. The maximum Gasteiger partial charge on any atom is 0.261 e. The summed E-state index contributed by atoms with van der Waals surface area (Å²) in [5.41, 5.74) is 1.31. The zero-order valence-corrected chi connectivity index (χ0v) is 15.9. The molecule has 1 aliphatic rings. The van der Waals surface area contributed by atoms with Crippen LogP contribution in [0.4, 0.5) is 5.69 Å². The maximum atomic E-state index is 12.6. The molecule has 0 aromatic heterocycles. The van der Waals surface area contributed by atoms with Gasteiger partial charge in [-0.2, -0.15) is 5.26 Å². The molecule has 0 saturated carbocycles. The van der Waals surface area contributed by atoms with Crippen molar-refractivity contribution in [2.45, 2.75) is 24.7 Å². The number of anilines is 1. The fourth-order valence-electron chi connectivity index (χ4n) is 3.00. The predicted octanol–water partition coefficient (Wildman–Crippen LogP) is 3.23. The molecule has 1 amide bonds. The molecular formula is C20H21N3O3S. The van der Waals surface area contributed by atoms with E-state index in [2.05, 4.69) is 11.6 Å².